The number of benzene rings is 1. The van der Waals surface area contributed by atoms with Crippen LogP contribution in [-0.2, 0) is 6.54 Å². The van der Waals surface area contributed by atoms with Crippen LogP contribution in [-0.4, -0.2) is 11.5 Å². The van der Waals surface area contributed by atoms with Crippen molar-refractivity contribution < 1.29 is 9.31 Å². The van der Waals surface area contributed by atoms with E-state index in [1.165, 1.54) is 18.6 Å². The largest absolute Gasteiger partial charge is 0.312 e. The molecule has 0 radical (unpaired) electrons. The molecule has 0 spiro atoms. The Morgan fingerprint density at radius 1 is 1.56 bits per heavy atom. The Labute approximate surface area is 105 Å². The highest BCUT2D eigenvalue weighted by atomic mass is 19.1. The van der Waals surface area contributed by atoms with Crippen LogP contribution in [0.25, 0.3) is 0 Å². The third-order valence-corrected chi connectivity index (χ3v) is 3.66. The van der Waals surface area contributed by atoms with Crippen molar-refractivity contribution in [1.82, 2.24) is 5.32 Å². The minimum atomic E-state index is -0.475. The maximum absolute atomic E-state index is 13.1. The number of nitro benzene ring substituents is 1. The fourth-order valence-electron chi connectivity index (χ4n) is 2.18. The zero-order chi connectivity index (χ0) is 13.3. The molecule has 0 aromatic heterocycles. The van der Waals surface area contributed by atoms with Crippen LogP contribution in [0.15, 0.2) is 18.2 Å². The van der Waals surface area contributed by atoms with Crippen LogP contribution in [0.3, 0.4) is 0 Å². The number of nitrogens with one attached hydrogen (secondary N) is 1. The lowest BCUT2D eigenvalue weighted by atomic mass is 10.1. The van der Waals surface area contributed by atoms with Gasteiger partial charge in [-0.3, -0.25) is 10.1 Å². The predicted molar refractivity (Wildman–Crippen MR) is 66.6 cm³/mol. The molecule has 1 aromatic carbocycles. The molecule has 98 valence electrons. The van der Waals surface area contributed by atoms with Gasteiger partial charge in [0.1, 0.15) is 5.82 Å². The molecule has 1 atom stereocenters. The minimum Gasteiger partial charge on any atom is -0.312 e. The first-order chi connectivity index (χ1) is 8.40. The third-order valence-electron chi connectivity index (χ3n) is 3.66. The Balaban J connectivity index is 1.96. The average Bonchev–Trinajstić information content (AvgIpc) is 2.86. The highest BCUT2D eigenvalue weighted by molar-refractivity contribution is 5.40. The summed E-state index contributed by atoms with van der Waals surface area (Å²) in [6, 6.07) is 3.56. The molecule has 5 heteroatoms. The summed E-state index contributed by atoms with van der Waals surface area (Å²) >= 11 is 0. The van der Waals surface area contributed by atoms with Crippen molar-refractivity contribution in [2.75, 3.05) is 6.54 Å². The molecule has 1 fully saturated rings. The first-order valence-electron chi connectivity index (χ1n) is 6.04. The van der Waals surface area contributed by atoms with Gasteiger partial charge in [0.05, 0.1) is 4.92 Å². The van der Waals surface area contributed by atoms with Crippen LogP contribution >= 0.6 is 0 Å². The van der Waals surface area contributed by atoms with E-state index >= 15 is 0 Å². The van der Waals surface area contributed by atoms with E-state index in [0.29, 0.717) is 23.4 Å². The van der Waals surface area contributed by atoms with Gasteiger partial charge in [-0.25, -0.2) is 4.39 Å². The van der Waals surface area contributed by atoms with E-state index in [0.717, 1.165) is 12.6 Å². The molecule has 0 amide bonds. The number of nitro groups is 1. The van der Waals surface area contributed by atoms with E-state index in [9.17, 15) is 14.5 Å². The third kappa shape index (κ3) is 2.85. The van der Waals surface area contributed by atoms with Crippen molar-refractivity contribution in [1.29, 1.82) is 0 Å². The fourth-order valence-corrected chi connectivity index (χ4v) is 2.18. The summed E-state index contributed by atoms with van der Waals surface area (Å²) in [4.78, 5) is 10.3. The standard InChI is InChI=1S/C13H17FN2O2/c1-13(2)6-10(13)8-15-7-9-5-11(14)3-4-12(9)16(17)18/h3-5,10,15H,6-8H2,1-2H3. The average molecular weight is 252 g/mol. The summed E-state index contributed by atoms with van der Waals surface area (Å²) in [5.41, 5.74) is 0.748. The van der Waals surface area contributed by atoms with Gasteiger partial charge in [0, 0.05) is 18.2 Å². The number of hydrogen-bond donors (Lipinski definition) is 1. The SMILES string of the molecule is CC1(C)CC1CNCc1cc(F)ccc1[N+](=O)[O-]. The van der Waals surface area contributed by atoms with Gasteiger partial charge in [-0.2, -0.15) is 0 Å². The predicted octanol–water partition coefficient (Wildman–Crippen LogP) is 2.87. The Kier molecular flexibility index (Phi) is 3.34. The molecule has 1 saturated carbocycles. The second-order valence-electron chi connectivity index (χ2n) is 5.55. The summed E-state index contributed by atoms with van der Waals surface area (Å²) in [6.45, 7) is 5.55. The lowest BCUT2D eigenvalue weighted by Crippen LogP contribution is -2.18. The first kappa shape index (κ1) is 13.0. The Morgan fingerprint density at radius 3 is 2.78 bits per heavy atom. The van der Waals surface area contributed by atoms with Crippen molar-refractivity contribution in [3.63, 3.8) is 0 Å². The second kappa shape index (κ2) is 4.65. The zero-order valence-corrected chi connectivity index (χ0v) is 10.6. The summed E-state index contributed by atoms with van der Waals surface area (Å²) in [5, 5.41) is 14.0. The number of rotatable bonds is 5. The van der Waals surface area contributed by atoms with E-state index in [-0.39, 0.29) is 5.69 Å². The number of halogens is 1. The lowest BCUT2D eigenvalue weighted by Gasteiger charge is -2.07. The molecular formula is C13H17FN2O2. The topological polar surface area (TPSA) is 55.2 Å². The molecule has 1 aromatic rings. The summed E-state index contributed by atoms with van der Waals surface area (Å²) in [7, 11) is 0. The summed E-state index contributed by atoms with van der Waals surface area (Å²) < 4.78 is 13.1. The second-order valence-corrected chi connectivity index (χ2v) is 5.55. The lowest BCUT2D eigenvalue weighted by molar-refractivity contribution is -0.385. The maximum Gasteiger partial charge on any atom is 0.274 e. The van der Waals surface area contributed by atoms with Crippen molar-refractivity contribution in [2.45, 2.75) is 26.8 Å². The van der Waals surface area contributed by atoms with Crippen molar-refractivity contribution in [3.05, 3.63) is 39.7 Å². The number of hydrogen-bond acceptors (Lipinski definition) is 3. The van der Waals surface area contributed by atoms with Crippen LogP contribution in [0.5, 0.6) is 0 Å². The van der Waals surface area contributed by atoms with Gasteiger partial charge in [-0.1, -0.05) is 13.8 Å². The van der Waals surface area contributed by atoms with Gasteiger partial charge in [-0.05, 0) is 36.4 Å². The molecule has 0 aliphatic heterocycles. The molecule has 0 saturated heterocycles. The van der Waals surface area contributed by atoms with E-state index in [1.807, 2.05) is 0 Å². The van der Waals surface area contributed by atoms with Gasteiger partial charge in [0.25, 0.3) is 5.69 Å². The van der Waals surface area contributed by atoms with Crippen LogP contribution in [0.1, 0.15) is 25.8 Å². The van der Waals surface area contributed by atoms with E-state index in [1.54, 1.807) is 0 Å². The Morgan fingerprint density at radius 2 is 2.22 bits per heavy atom. The van der Waals surface area contributed by atoms with Crippen LogP contribution in [0.2, 0.25) is 0 Å². The molecule has 2 rings (SSSR count). The van der Waals surface area contributed by atoms with Crippen molar-refractivity contribution >= 4 is 5.69 Å². The molecule has 0 bridgehead atoms. The zero-order valence-electron chi connectivity index (χ0n) is 10.6. The molecule has 1 unspecified atom stereocenters. The highest BCUT2D eigenvalue weighted by Crippen LogP contribution is 2.51. The molecule has 1 aliphatic rings. The monoisotopic (exact) mass is 252 g/mol. The molecule has 1 N–H and O–H groups in total. The molecule has 4 nitrogen and oxygen atoms in total. The van der Waals surface area contributed by atoms with Crippen molar-refractivity contribution in [2.24, 2.45) is 11.3 Å². The Bertz CT molecular complexity index is 474. The van der Waals surface area contributed by atoms with E-state index in [2.05, 4.69) is 19.2 Å². The maximum atomic E-state index is 13.1. The smallest absolute Gasteiger partial charge is 0.274 e. The van der Waals surface area contributed by atoms with Crippen molar-refractivity contribution in [3.8, 4) is 0 Å². The van der Waals surface area contributed by atoms with Crippen LogP contribution in [0.4, 0.5) is 10.1 Å². The fraction of sp³-hybridized carbons (Fsp3) is 0.538. The van der Waals surface area contributed by atoms with Crippen LogP contribution < -0.4 is 5.32 Å². The molecular weight excluding hydrogens is 235 g/mol. The minimum absolute atomic E-state index is 0.0287. The van der Waals surface area contributed by atoms with Gasteiger partial charge >= 0.3 is 0 Å². The Hall–Kier alpha value is -1.49. The van der Waals surface area contributed by atoms with E-state index < -0.39 is 10.7 Å². The van der Waals surface area contributed by atoms with E-state index in [4.69, 9.17) is 0 Å². The summed E-state index contributed by atoms with van der Waals surface area (Å²) in [5.74, 6) is 0.175. The molecule has 0 heterocycles. The highest BCUT2D eigenvalue weighted by Gasteiger charge is 2.44. The van der Waals surface area contributed by atoms with Gasteiger partial charge in [0.15, 0.2) is 0 Å². The quantitative estimate of drug-likeness (QED) is 0.647. The first-order valence-corrected chi connectivity index (χ1v) is 6.04. The summed E-state index contributed by atoms with van der Waals surface area (Å²) in [6.07, 6.45) is 1.17. The van der Waals surface area contributed by atoms with Gasteiger partial charge in [-0.15, -0.1) is 0 Å². The molecule has 18 heavy (non-hydrogen) atoms. The van der Waals surface area contributed by atoms with Gasteiger partial charge in [0.2, 0.25) is 0 Å². The molecule has 1 aliphatic carbocycles. The number of nitrogens with zero attached hydrogens (tertiary/aromatic N) is 1. The normalized spacial score (nSPS) is 20.7. The van der Waals surface area contributed by atoms with Gasteiger partial charge < -0.3 is 5.32 Å². The van der Waals surface area contributed by atoms with Crippen LogP contribution in [0, 0.1) is 27.3 Å².